The van der Waals surface area contributed by atoms with Crippen LogP contribution in [0.2, 0.25) is 0 Å². The minimum absolute atomic E-state index is 0.715. The highest BCUT2D eigenvalue weighted by molar-refractivity contribution is 5.72. The van der Waals surface area contributed by atoms with Gasteiger partial charge in [0, 0.05) is 0 Å². The number of carbonyl (C=O) groups is 1. The van der Waals surface area contributed by atoms with Gasteiger partial charge in [0.05, 0.1) is 11.6 Å². The van der Waals surface area contributed by atoms with E-state index in [1.165, 1.54) is 6.92 Å². The van der Waals surface area contributed by atoms with Crippen LogP contribution in [0.4, 0.5) is 0 Å². The average molecular weight is 192 g/mol. The van der Waals surface area contributed by atoms with Crippen LogP contribution in [0.25, 0.3) is 0 Å². The summed E-state index contributed by atoms with van der Waals surface area (Å²) in [6.45, 7) is 1.42. The van der Waals surface area contributed by atoms with E-state index < -0.39 is 12.0 Å². The second-order valence-electron chi connectivity index (χ2n) is 2.60. The van der Waals surface area contributed by atoms with Gasteiger partial charge in [0.25, 0.3) is 0 Å². The summed E-state index contributed by atoms with van der Waals surface area (Å²) in [6.07, 6.45) is 0. The maximum atomic E-state index is 9.57. The molecule has 4 heteroatoms. The zero-order valence-corrected chi connectivity index (χ0v) is 7.84. The molecule has 4 nitrogen and oxygen atoms in total. The molecule has 0 radical (unpaired) electrons. The molecule has 1 aromatic rings. The van der Waals surface area contributed by atoms with E-state index >= 15 is 0 Å². The Balaban J connectivity index is 0.000000255. The van der Waals surface area contributed by atoms with Crippen molar-refractivity contribution in [3.8, 4) is 6.07 Å². The summed E-state index contributed by atoms with van der Waals surface area (Å²) in [5.74, 6) is -0.963. The van der Waals surface area contributed by atoms with Gasteiger partial charge < -0.3 is 10.8 Å². The van der Waals surface area contributed by atoms with E-state index in [2.05, 4.69) is 0 Å². The summed E-state index contributed by atoms with van der Waals surface area (Å²) in [5.41, 5.74) is 5.55. The van der Waals surface area contributed by atoms with Gasteiger partial charge in [-0.05, 0) is 19.1 Å². The van der Waals surface area contributed by atoms with E-state index in [1.54, 1.807) is 12.1 Å². The zero-order chi connectivity index (χ0) is 11.0. The predicted octanol–water partition coefficient (Wildman–Crippen LogP) is 0.976. The third kappa shape index (κ3) is 5.75. The smallest absolute Gasteiger partial charge is 0.320 e. The van der Waals surface area contributed by atoms with Crippen molar-refractivity contribution in [1.82, 2.24) is 0 Å². The Morgan fingerprint density at radius 1 is 1.50 bits per heavy atom. The summed E-state index contributed by atoms with van der Waals surface area (Å²) in [6, 6.07) is 10.4. The molecule has 0 bridgehead atoms. The molecule has 0 fully saturated rings. The fraction of sp³-hybridized carbons (Fsp3) is 0.200. The summed E-state index contributed by atoms with van der Waals surface area (Å²) < 4.78 is 0. The van der Waals surface area contributed by atoms with Gasteiger partial charge in [-0.1, -0.05) is 18.2 Å². The normalized spacial score (nSPS) is 10.4. The van der Waals surface area contributed by atoms with Crippen molar-refractivity contribution in [2.24, 2.45) is 5.73 Å². The van der Waals surface area contributed by atoms with Crippen LogP contribution in [0.3, 0.4) is 0 Å². The Labute approximate surface area is 82.6 Å². The molecule has 0 saturated heterocycles. The molecular formula is C10H12N2O2. The molecule has 0 aliphatic carbocycles. The molecule has 0 amide bonds. The molecule has 0 heterocycles. The van der Waals surface area contributed by atoms with Crippen molar-refractivity contribution in [1.29, 1.82) is 5.26 Å². The molecule has 0 spiro atoms. The van der Waals surface area contributed by atoms with Crippen molar-refractivity contribution >= 4 is 5.97 Å². The molecule has 1 rings (SSSR count). The first kappa shape index (κ1) is 12.1. The number of nitriles is 1. The third-order valence-corrected chi connectivity index (χ3v) is 1.29. The second kappa shape index (κ2) is 6.63. The number of nitrogens with two attached hydrogens (primary N) is 1. The van der Waals surface area contributed by atoms with Gasteiger partial charge in [0.15, 0.2) is 0 Å². The Hall–Kier alpha value is -1.86. The second-order valence-corrected chi connectivity index (χ2v) is 2.60. The lowest BCUT2D eigenvalue weighted by molar-refractivity contribution is -0.138. The first-order chi connectivity index (χ1) is 6.57. The lowest BCUT2D eigenvalue weighted by atomic mass is 10.2. The predicted molar refractivity (Wildman–Crippen MR) is 52.4 cm³/mol. The van der Waals surface area contributed by atoms with Crippen LogP contribution in [0.1, 0.15) is 12.5 Å². The lowest BCUT2D eigenvalue weighted by Crippen LogP contribution is -2.25. The number of hydrogen-bond acceptors (Lipinski definition) is 3. The van der Waals surface area contributed by atoms with E-state index in [0.29, 0.717) is 5.56 Å². The fourth-order valence-electron chi connectivity index (χ4n) is 0.513. The highest BCUT2D eigenvalue weighted by Crippen LogP contribution is 1.93. The Morgan fingerprint density at radius 3 is 2.14 bits per heavy atom. The van der Waals surface area contributed by atoms with Crippen LogP contribution in [0, 0.1) is 11.3 Å². The monoisotopic (exact) mass is 192 g/mol. The van der Waals surface area contributed by atoms with Crippen LogP contribution >= 0.6 is 0 Å². The van der Waals surface area contributed by atoms with Crippen molar-refractivity contribution in [2.75, 3.05) is 0 Å². The van der Waals surface area contributed by atoms with Crippen LogP contribution < -0.4 is 5.73 Å². The first-order valence-electron chi connectivity index (χ1n) is 4.01. The van der Waals surface area contributed by atoms with Crippen molar-refractivity contribution in [3.05, 3.63) is 35.9 Å². The summed E-state index contributed by atoms with van der Waals surface area (Å²) >= 11 is 0. The Morgan fingerprint density at radius 2 is 1.93 bits per heavy atom. The van der Waals surface area contributed by atoms with E-state index in [-0.39, 0.29) is 0 Å². The van der Waals surface area contributed by atoms with Gasteiger partial charge in [0.2, 0.25) is 0 Å². The van der Waals surface area contributed by atoms with Gasteiger partial charge in [-0.15, -0.1) is 0 Å². The number of benzene rings is 1. The van der Waals surface area contributed by atoms with Gasteiger partial charge in [0.1, 0.15) is 6.04 Å². The number of hydrogen-bond donors (Lipinski definition) is 2. The number of nitrogens with zero attached hydrogens (tertiary/aromatic N) is 1. The van der Waals surface area contributed by atoms with Gasteiger partial charge in [-0.2, -0.15) is 5.26 Å². The van der Waals surface area contributed by atoms with Crippen LogP contribution in [0.5, 0.6) is 0 Å². The molecule has 74 valence electrons. The molecule has 0 aromatic heterocycles. The first-order valence-corrected chi connectivity index (χ1v) is 4.01. The van der Waals surface area contributed by atoms with Crippen molar-refractivity contribution < 1.29 is 9.90 Å². The van der Waals surface area contributed by atoms with Gasteiger partial charge >= 0.3 is 5.97 Å². The van der Waals surface area contributed by atoms with Crippen molar-refractivity contribution in [2.45, 2.75) is 13.0 Å². The largest absolute Gasteiger partial charge is 0.480 e. The molecular weight excluding hydrogens is 180 g/mol. The molecule has 14 heavy (non-hydrogen) atoms. The van der Waals surface area contributed by atoms with Gasteiger partial charge in [-0.25, -0.2) is 0 Å². The average Bonchev–Trinajstić information content (AvgIpc) is 2.20. The van der Waals surface area contributed by atoms with E-state index in [9.17, 15) is 4.79 Å². The number of carboxylic acid groups (broad SMARTS) is 1. The maximum Gasteiger partial charge on any atom is 0.320 e. The molecule has 0 aliphatic rings. The zero-order valence-electron chi connectivity index (χ0n) is 7.84. The number of carboxylic acids is 1. The molecule has 1 atom stereocenters. The Bertz CT molecular complexity index is 315. The van der Waals surface area contributed by atoms with Crippen molar-refractivity contribution in [3.63, 3.8) is 0 Å². The molecule has 0 saturated carbocycles. The third-order valence-electron chi connectivity index (χ3n) is 1.29. The van der Waals surface area contributed by atoms with Crippen LogP contribution in [0.15, 0.2) is 30.3 Å². The Kier molecular flexibility index (Phi) is 5.75. The van der Waals surface area contributed by atoms with Crippen LogP contribution in [-0.4, -0.2) is 17.1 Å². The molecule has 1 unspecified atom stereocenters. The van der Waals surface area contributed by atoms with E-state index in [0.717, 1.165) is 0 Å². The van der Waals surface area contributed by atoms with E-state index in [4.69, 9.17) is 16.1 Å². The van der Waals surface area contributed by atoms with E-state index in [1.807, 2.05) is 24.3 Å². The molecule has 0 aliphatic heterocycles. The molecule has 1 aromatic carbocycles. The standard InChI is InChI=1S/C7H5N.C3H7NO2/c8-6-7-4-2-1-3-5-7;1-2(4)3(5)6/h1-5H;2H,4H2,1H3,(H,5,6). The minimum atomic E-state index is -0.963. The van der Waals surface area contributed by atoms with Gasteiger partial charge in [-0.3, -0.25) is 4.79 Å². The maximum absolute atomic E-state index is 9.57. The summed E-state index contributed by atoms with van der Waals surface area (Å²) in [4.78, 5) is 9.57. The van der Waals surface area contributed by atoms with Crippen LogP contribution in [-0.2, 0) is 4.79 Å². The SMILES string of the molecule is CC(N)C(=O)O.N#Cc1ccccc1. The highest BCUT2D eigenvalue weighted by Gasteiger charge is 1.99. The summed E-state index contributed by atoms with van der Waals surface area (Å²) in [5, 5.41) is 16.2. The fourth-order valence-corrected chi connectivity index (χ4v) is 0.513. The quantitative estimate of drug-likeness (QED) is 0.694. The molecule has 3 N–H and O–H groups in total. The number of aliphatic carboxylic acids is 1. The summed E-state index contributed by atoms with van der Waals surface area (Å²) in [7, 11) is 0. The topological polar surface area (TPSA) is 87.1 Å². The lowest BCUT2D eigenvalue weighted by Gasteiger charge is -1.90. The minimum Gasteiger partial charge on any atom is -0.480 e. The highest BCUT2D eigenvalue weighted by atomic mass is 16.4. The number of rotatable bonds is 1.